The Labute approximate surface area is 107 Å². The molecule has 0 amide bonds. The van der Waals surface area contributed by atoms with E-state index in [1.807, 2.05) is 26.2 Å². The highest BCUT2D eigenvalue weighted by atomic mass is 32.1. The van der Waals surface area contributed by atoms with Crippen molar-refractivity contribution in [1.29, 1.82) is 0 Å². The first-order chi connectivity index (χ1) is 8.08. The van der Waals surface area contributed by atoms with E-state index in [-0.39, 0.29) is 0 Å². The summed E-state index contributed by atoms with van der Waals surface area (Å²) in [5.41, 5.74) is 8.93. The molecule has 0 radical (unpaired) electrons. The highest BCUT2D eigenvalue weighted by Crippen LogP contribution is 2.39. The SMILES string of the molecule is Cc1nc(C)c(C(C)(N=[N+]=[N-])c2nccs2)s1. The molecule has 0 fully saturated rings. The number of nitrogens with zero attached hydrogens (tertiary/aromatic N) is 5. The summed E-state index contributed by atoms with van der Waals surface area (Å²) in [6, 6.07) is 0. The lowest BCUT2D eigenvalue weighted by Gasteiger charge is -2.20. The van der Waals surface area contributed by atoms with Gasteiger partial charge in [-0.15, -0.1) is 22.7 Å². The molecule has 0 aliphatic rings. The van der Waals surface area contributed by atoms with Crippen molar-refractivity contribution in [3.05, 3.63) is 42.6 Å². The van der Waals surface area contributed by atoms with Crippen LogP contribution in [0.4, 0.5) is 0 Å². The predicted molar refractivity (Wildman–Crippen MR) is 69.3 cm³/mol. The molecule has 0 N–H and O–H groups in total. The Morgan fingerprint density at radius 1 is 1.47 bits per heavy atom. The van der Waals surface area contributed by atoms with Crippen LogP contribution in [0.3, 0.4) is 0 Å². The van der Waals surface area contributed by atoms with E-state index in [4.69, 9.17) is 5.53 Å². The molecule has 1 atom stereocenters. The maximum atomic E-state index is 8.78. The normalized spacial score (nSPS) is 14.1. The molecule has 0 aliphatic heterocycles. The Morgan fingerprint density at radius 3 is 2.71 bits per heavy atom. The van der Waals surface area contributed by atoms with Gasteiger partial charge in [-0.25, -0.2) is 9.97 Å². The average Bonchev–Trinajstić information content (AvgIpc) is 2.88. The van der Waals surface area contributed by atoms with Gasteiger partial charge in [0.05, 0.1) is 10.7 Å². The summed E-state index contributed by atoms with van der Waals surface area (Å²) in [6.45, 7) is 5.75. The lowest BCUT2D eigenvalue weighted by atomic mass is 10.0. The number of hydrogen-bond acceptors (Lipinski definition) is 5. The molecule has 88 valence electrons. The zero-order chi connectivity index (χ0) is 12.5. The molecule has 1 unspecified atom stereocenters. The Kier molecular flexibility index (Phi) is 3.15. The van der Waals surface area contributed by atoms with Gasteiger partial charge < -0.3 is 0 Å². The van der Waals surface area contributed by atoms with E-state index >= 15 is 0 Å². The van der Waals surface area contributed by atoms with Gasteiger partial charge in [0.15, 0.2) is 0 Å². The molecular weight excluding hydrogens is 254 g/mol. The van der Waals surface area contributed by atoms with Crippen LogP contribution in [0.1, 0.15) is 27.5 Å². The lowest BCUT2D eigenvalue weighted by molar-refractivity contribution is 0.601. The fourth-order valence-electron chi connectivity index (χ4n) is 1.72. The number of azide groups is 1. The first kappa shape index (κ1) is 12.0. The monoisotopic (exact) mass is 265 g/mol. The molecule has 0 aromatic carbocycles. The molecule has 5 nitrogen and oxygen atoms in total. The average molecular weight is 265 g/mol. The van der Waals surface area contributed by atoms with Crippen molar-refractivity contribution < 1.29 is 0 Å². The lowest BCUT2D eigenvalue weighted by Crippen LogP contribution is -2.19. The molecule has 2 aromatic heterocycles. The van der Waals surface area contributed by atoms with Crippen molar-refractivity contribution in [3.8, 4) is 0 Å². The maximum Gasteiger partial charge on any atom is 0.134 e. The van der Waals surface area contributed by atoms with E-state index < -0.39 is 5.54 Å². The Bertz CT molecular complexity index is 568. The van der Waals surface area contributed by atoms with Crippen molar-refractivity contribution in [3.63, 3.8) is 0 Å². The zero-order valence-electron chi connectivity index (χ0n) is 9.71. The number of hydrogen-bond donors (Lipinski definition) is 0. The van der Waals surface area contributed by atoms with Crippen LogP contribution < -0.4 is 0 Å². The van der Waals surface area contributed by atoms with Crippen molar-refractivity contribution in [2.75, 3.05) is 0 Å². The van der Waals surface area contributed by atoms with E-state index in [0.29, 0.717) is 0 Å². The standard InChI is InChI=1S/C10H11N5S2/c1-6-8(17-7(2)13-6)10(3,14-15-11)9-12-4-5-16-9/h4-5H,1-3H3. The largest absolute Gasteiger partial charge is 0.249 e. The van der Waals surface area contributed by atoms with Gasteiger partial charge in [-0.2, -0.15) is 0 Å². The molecule has 7 heteroatoms. The summed E-state index contributed by atoms with van der Waals surface area (Å²) in [5.74, 6) is 0. The van der Waals surface area contributed by atoms with Crippen molar-refractivity contribution in [1.82, 2.24) is 9.97 Å². The minimum absolute atomic E-state index is 0.751. The third-order valence-corrected chi connectivity index (χ3v) is 4.71. The third-order valence-electron chi connectivity index (χ3n) is 2.44. The minimum atomic E-state index is -0.751. The second kappa shape index (κ2) is 4.44. The molecule has 2 aromatic rings. The molecule has 17 heavy (non-hydrogen) atoms. The second-order valence-electron chi connectivity index (χ2n) is 3.75. The smallest absolute Gasteiger partial charge is 0.134 e. The predicted octanol–water partition coefficient (Wildman–Crippen LogP) is 3.79. The van der Waals surface area contributed by atoms with Gasteiger partial charge in [-0.1, -0.05) is 5.11 Å². The van der Waals surface area contributed by atoms with Gasteiger partial charge in [0.25, 0.3) is 0 Å². The first-order valence-electron chi connectivity index (χ1n) is 4.98. The Morgan fingerprint density at radius 2 is 2.24 bits per heavy atom. The number of rotatable bonds is 3. The van der Waals surface area contributed by atoms with Gasteiger partial charge in [0, 0.05) is 21.4 Å². The van der Waals surface area contributed by atoms with Crippen LogP contribution in [0.2, 0.25) is 0 Å². The van der Waals surface area contributed by atoms with Crippen molar-refractivity contribution in [2.45, 2.75) is 26.3 Å². The van der Waals surface area contributed by atoms with E-state index in [0.717, 1.165) is 20.6 Å². The highest BCUT2D eigenvalue weighted by Gasteiger charge is 2.34. The molecule has 2 rings (SSSR count). The van der Waals surface area contributed by atoms with Crippen molar-refractivity contribution in [2.24, 2.45) is 5.11 Å². The molecule has 0 bridgehead atoms. The number of aryl methyl sites for hydroxylation is 2. The van der Waals surface area contributed by atoms with Crippen LogP contribution in [-0.4, -0.2) is 9.97 Å². The van der Waals surface area contributed by atoms with E-state index in [2.05, 4.69) is 20.0 Å². The zero-order valence-corrected chi connectivity index (χ0v) is 11.3. The number of aromatic nitrogens is 2. The summed E-state index contributed by atoms with van der Waals surface area (Å²) in [4.78, 5) is 12.6. The molecular formula is C10H11N5S2. The summed E-state index contributed by atoms with van der Waals surface area (Å²) < 4.78 is 0. The van der Waals surface area contributed by atoms with Gasteiger partial charge in [-0.05, 0) is 26.3 Å². The van der Waals surface area contributed by atoms with Crippen LogP contribution in [0.25, 0.3) is 10.4 Å². The molecule has 0 saturated carbocycles. The summed E-state index contributed by atoms with van der Waals surface area (Å²) in [6.07, 6.45) is 1.72. The summed E-state index contributed by atoms with van der Waals surface area (Å²) >= 11 is 3.04. The second-order valence-corrected chi connectivity index (χ2v) is 5.84. The third kappa shape index (κ3) is 2.04. The maximum absolute atomic E-state index is 8.78. The van der Waals surface area contributed by atoms with Crippen LogP contribution in [0.15, 0.2) is 16.7 Å². The minimum Gasteiger partial charge on any atom is -0.249 e. The van der Waals surface area contributed by atoms with Crippen LogP contribution >= 0.6 is 22.7 Å². The fraction of sp³-hybridized carbons (Fsp3) is 0.400. The van der Waals surface area contributed by atoms with Crippen LogP contribution in [0.5, 0.6) is 0 Å². The highest BCUT2D eigenvalue weighted by molar-refractivity contribution is 7.12. The van der Waals surface area contributed by atoms with Crippen LogP contribution in [-0.2, 0) is 5.54 Å². The van der Waals surface area contributed by atoms with Gasteiger partial charge in [0.1, 0.15) is 10.5 Å². The quantitative estimate of drug-likeness (QED) is 0.481. The van der Waals surface area contributed by atoms with E-state index in [1.165, 1.54) is 11.3 Å². The molecule has 0 aliphatic carbocycles. The first-order valence-corrected chi connectivity index (χ1v) is 6.68. The van der Waals surface area contributed by atoms with Crippen molar-refractivity contribution >= 4 is 22.7 Å². The summed E-state index contributed by atoms with van der Waals surface area (Å²) in [5, 5.41) is 7.58. The van der Waals surface area contributed by atoms with E-state index in [9.17, 15) is 0 Å². The van der Waals surface area contributed by atoms with Gasteiger partial charge >= 0.3 is 0 Å². The van der Waals surface area contributed by atoms with E-state index in [1.54, 1.807) is 17.5 Å². The Hall–Kier alpha value is -1.43. The summed E-state index contributed by atoms with van der Waals surface area (Å²) in [7, 11) is 0. The Balaban J connectivity index is 2.64. The van der Waals surface area contributed by atoms with Gasteiger partial charge in [-0.3, -0.25) is 0 Å². The molecule has 2 heterocycles. The number of thiazole rings is 2. The van der Waals surface area contributed by atoms with Crippen LogP contribution in [0, 0.1) is 13.8 Å². The fourth-order valence-corrected chi connectivity index (χ4v) is 3.54. The topological polar surface area (TPSA) is 74.5 Å². The molecule has 0 saturated heterocycles. The van der Waals surface area contributed by atoms with Gasteiger partial charge in [0.2, 0.25) is 0 Å². The molecule has 0 spiro atoms.